The van der Waals surface area contributed by atoms with Gasteiger partial charge in [0, 0.05) is 102 Å². The molecular formula is C52H62FN13O4. The van der Waals surface area contributed by atoms with Gasteiger partial charge in [-0.1, -0.05) is 6.07 Å². The molecule has 2 aromatic carbocycles. The molecular weight excluding hydrogens is 890 g/mol. The Labute approximate surface area is 406 Å². The van der Waals surface area contributed by atoms with E-state index < -0.39 is 11.9 Å². The average molecular weight is 952 g/mol. The van der Waals surface area contributed by atoms with Gasteiger partial charge in [-0.15, -0.1) is 0 Å². The lowest BCUT2D eigenvalue weighted by Gasteiger charge is -2.41. The molecule has 3 amide bonds. The minimum atomic E-state index is -0.694. The molecule has 0 radical (unpaired) electrons. The van der Waals surface area contributed by atoms with Crippen LogP contribution in [0.4, 0.5) is 27.3 Å². The SMILES string of the molecule is CN(C)Cc1nc(Nc2ccc(-c3cnc4cc(F)ccn34)c3c2C(=O)NC3)ccc1N1CCC(CN2CCC(CN3CCN(c4ccc5c(c4)n(C4CCC(=O)NC4=O)c(=O)n5C)CC3)CC2)CC1. The van der Waals surface area contributed by atoms with Crippen LogP contribution in [0.5, 0.6) is 0 Å². The average Bonchev–Trinajstić information content (AvgIpc) is 4.03. The summed E-state index contributed by atoms with van der Waals surface area (Å²) in [5.41, 5.74) is 8.81. The smallest absolute Gasteiger partial charge is 0.329 e. The number of likely N-dealkylation sites (tertiary alicyclic amines) is 1. The highest BCUT2D eigenvalue weighted by molar-refractivity contribution is 6.06. The Bertz CT molecular complexity index is 3050. The number of piperazine rings is 1. The number of carbonyl (C=O) groups is 3. The van der Waals surface area contributed by atoms with Crippen LogP contribution in [0, 0.1) is 17.7 Å². The van der Waals surface area contributed by atoms with Crippen LogP contribution in [0.2, 0.25) is 0 Å². The first-order valence-corrected chi connectivity index (χ1v) is 24.9. The summed E-state index contributed by atoms with van der Waals surface area (Å²) in [7, 11) is 5.86. The van der Waals surface area contributed by atoms with Crippen molar-refractivity contribution in [1.82, 2.24) is 48.8 Å². The molecule has 17 nitrogen and oxygen atoms in total. The molecule has 9 heterocycles. The zero-order valence-electron chi connectivity index (χ0n) is 40.3. The topological polar surface area (TPSA) is 161 Å². The Kier molecular flexibility index (Phi) is 12.4. The first-order valence-electron chi connectivity index (χ1n) is 24.9. The zero-order chi connectivity index (χ0) is 48.2. The molecule has 4 fully saturated rings. The number of anilines is 4. The summed E-state index contributed by atoms with van der Waals surface area (Å²) >= 11 is 0. The van der Waals surface area contributed by atoms with Crippen LogP contribution in [0.1, 0.15) is 66.2 Å². The van der Waals surface area contributed by atoms with Crippen molar-refractivity contribution in [3.8, 4) is 11.3 Å². The number of imidazole rings is 2. The molecule has 0 bridgehead atoms. The Morgan fingerprint density at radius 3 is 2.29 bits per heavy atom. The molecule has 4 saturated heterocycles. The largest absolute Gasteiger partial charge is 0.370 e. The predicted molar refractivity (Wildman–Crippen MR) is 268 cm³/mol. The number of piperidine rings is 3. The van der Waals surface area contributed by atoms with Crippen molar-refractivity contribution in [2.45, 2.75) is 57.7 Å². The summed E-state index contributed by atoms with van der Waals surface area (Å²) in [6.07, 6.45) is 8.67. The molecule has 1 atom stereocenters. The van der Waals surface area contributed by atoms with Crippen molar-refractivity contribution in [1.29, 1.82) is 0 Å². The number of nitrogens with one attached hydrogen (secondary N) is 3. The van der Waals surface area contributed by atoms with Gasteiger partial charge >= 0.3 is 5.69 Å². The van der Waals surface area contributed by atoms with Gasteiger partial charge in [-0.05, 0) is 119 Å². The van der Waals surface area contributed by atoms with Crippen LogP contribution in [0.25, 0.3) is 27.9 Å². The number of fused-ring (bicyclic) bond motifs is 3. The number of benzene rings is 2. The summed E-state index contributed by atoms with van der Waals surface area (Å²) in [5, 5.41) is 8.89. The quantitative estimate of drug-likeness (QED) is 0.142. The Balaban J connectivity index is 0.663. The third-order valence-corrected chi connectivity index (χ3v) is 15.4. The predicted octanol–water partition coefficient (Wildman–Crippen LogP) is 4.97. The van der Waals surface area contributed by atoms with Gasteiger partial charge in [0.1, 0.15) is 23.3 Å². The maximum Gasteiger partial charge on any atom is 0.329 e. The number of hydrogen-bond donors (Lipinski definition) is 3. The molecule has 3 N–H and O–H groups in total. The van der Waals surface area contributed by atoms with E-state index in [2.05, 4.69) is 71.7 Å². The van der Waals surface area contributed by atoms with Crippen molar-refractivity contribution in [2.24, 2.45) is 18.9 Å². The molecule has 1 unspecified atom stereocenters. The van der Waals surface area contributed by atoms with Crippen molar-refractivity contribution in [3.63, 3.8) is 0 Å². The molecule has 5 aliphatic heterocycles. The van der Waals surface area contributed by atoms with E-state index in [9.17, 15) is 23.6 Å². The van der Waals surface area contributed by atoms with Gasteiger partial charge < -0.3 is 30.2 Å². The number of aryl methyl sites for hydroxylation is 1. The number of amides is 3. The fourth-order valence-corrected chi connectivity index (χ4v) is 11.7. The van der Waals surface area contributed by atoms with Gasteiger partial charge in [-0.3, -0.25) is 38.1 Å². The summed E-state index contributed by atoms with van der Waals surface area (Å²) < 4.78 is 18.9. The highest BCUT2D eigenvalue weighted by Crippen LogP contribution is 2.37. The fourth-order valence-electron chi connectivity index (χ4n) is 11.7. The Morgan fingerprint density at radius 1 is 0.800 bits per heavy atom. The number of pyridine rings is 2. The standard InChI is InChI=1S/C52H62FN13O4/c1-59(2)32-40-41(8-10-46(57-40)56-39-6-5-37(38-28-55-51(69)49(38)39)45-29-54-47-26-35(53)16-21-65(45)47)64-19-14-34(15-20-64)30-61-17-12-33(13-18-61)31-62-22-24-63(25-23-62)36-4-7-42-44(27-36)66(52(70)60(42)3)43-9-11-48(67)58-50(43)68/h4-8,10,16,21,26-27,29,33-34,43H,9,11-15,17-20,22-25,28,30-32H2,1-3H3,(H,55,69)(H,56,57)(H,58,67,68). The molecule has 4 aromatic heterocycles. The van der Waals surface area contributed by atoms with Gasteiger partial charge in [-0.2, -0.15) is 0 Å². The summed E-state index contributed by atoms with van der Waals surface area (Å²) in [4.78, 5) is 73.1. The monoisotopic (exact) mass is 952 g/mol. The first kappa shape index (κ1) is 45.8. The van der Waals surface area contributed by atoms with Crippen LogP contribution in [-0.4, -0.2) is 135 Å². The van der Waals surface area contributed by atoms with Gasteiger partial charge in [0.05, 0.1) is 45.6 Å². The van der Waals surface area contributed by atoms with Crippen LogP contribution >= 0.6 is 0 Å². The van der Waals surface area contributed by atoms with E-state index in [1.54, 1.807) is 28.6 Å². The number of carbonyl (C=O) groups excluding carboxylic acids is 3. The van der Waals surface area contributed by atoms with E-state index in [1.807, 2.05) is 34.7 Å². The molecule has 5 aliphatic rings. The van der Waals surface area contributed by atoms with Crippen LogP contribution in [-0.2, 0) is 29.7 Å². The van der Waals surface area contributed by atoms with Crippen molar-refractivity contribution in [3.05, 3.63) is 100 Å². The minimum absolute atomic E-state index is 0.144. The molecule has 11 rings (SSSR count). The van der Waals surface area contributed by atoms with Crippen molar-refractivity contribution in [2.75, 3.05) is 94.7 Å². The number of rotatable bonds is 12. The van der Waals surface area contributed by atoms with Gasteiger partial charge in [0.2, 0.25) is 11.8 Å². The second-order valence-electron chi connectivity index (χ2n) is 20.3. The van der Waals surface area contributed by atoms with Crippen LogP contribution < -0.4 is 31.4 Å². The van der Waals surface area contributed by atoms with E-state index in [1.165, 1.54) is 25.0 Å². The van der Waals surface area contributed by atoms with Gasteiger partial charge in [0.15, 0.2) is 0 Å². The highest BCUT2D eigenvalue weighted by Gasteiger charge is 2.33. The fraction of sp³-hybridized carbons (Fsp3) is 0.462. The first-order chi connectivity index (χ1) is 33.9. The third-order valence-electron chi connectivity index (χ3n) is 15.4. The number of imide groups is 1. The van der Waals surface area contributed by atoms with Crippen molar-refractivity contribution >= 4 is 57.3 Å². The summed E-state index contributed by atoms with van der Waals surface area (Å²) in [6.45, 7) is 11.4. The van der Waals surface area contributed by atoms with Gasteiger partial charge in [-0.25, -0.2) is 19.2 Å². The van der Waals surface area contributed by atoms with E-state index >= 15 is 0 Å². The number of hydrogen-bond acceptors (Lipinski definition) is 12. The van der Waals surface area contributed by atoms with Crippen LogP contribution in [0.15, 0.2) is 71.8 Å². The van der Waals surface area contributed by atoms with E-state index in [-0.39, 0.29) is 29.7 Å². The second kappa shape index (κ2) is 18.9. The normalized spacial score (nSPS) is 20.0. The van der Waals surface area contributed by atoms with E-state index in [4.69, 9.17) is 4.98 Å². The van der Waals surface area contributed by atoms with Gasteiger partial charge in [0.25, 0.3) is 5.91 Å². The summed E-state index contributed by atoms with van der Waals surface area (Å²) in [5.74, 6) is 0.852. The Morgan fingerprint density at radius 2 is 1.54 bits per heavy atom. The number of aromatic nitrogens is 5. The maximum absolute atomic E-state index is 13.9. The lowest BCUT2D eigenvalue weighted by Crippen LogP contribution is -2.49. The van der Waals surface area contributed by atoms with E-state index in [0.717, 1.165) is 123 Å². The molecule has 18 heteroatoms. The number of nitrogens with zero attached hydrogens (tertiary/aromatic N) is 10. The van der Waals surface area contributed by atoms with Crippen LogP contribution in [0.3, 0.4) is 0 Å². The third kappa shape index (κ3) is 8.92. The zero-order valence-corrected chi connectivity index (χ0v) is 40.3. The minimum Gasteiger partial charge on any atom is -0.370 e. The van der Waals surface area contributed by atoms with Crippen molar-refractivity contribution < 1.29 is 18.8 Å². The lowest BCUT2D eigenvalue weighted by atomic mass is 9.92. The molecule has 6 aromatic rings. The second-order valence-corrected chi connectivity index (χ2v) is 20.3. The molecule has 366 valence electrons. The molecule has 0 spiro atoms. The lowest BCUT2D eigenvalue weighted by molar-refractivity contribution is -0.135. The highest BCUT2D eigenvalue weighted by atomic mass is 19.1. The number of halogens is 1. The maximum atomic E-state index is 13.9. The Hall–Kier alpha value is -6.63. The van der Waals surface area contributed by atoms with E-state index in [0.29, 0.717) is 54.1 Å². The molecule has 70 heavy (non-hydrogen) atoms. The summed E-state index contributed by atoms with van der Waals surface area (Å²) in [6, 6.07) is 16.3. The molecule has 0 aliphatic carbocycles. The molecule has 0 saturated carbocycles.